The lowest BCUT2D eigenvalue weighted by Gasteiger charge is -2.25. The molecule has 120 valence electrons. The Morgan fingerprint density at radius 1 is 1.19 bits per heavy atom. The van der Waals surface area contributed by atoms with Gasteiger partial charge in [0.05, 0.1) is 5.69 Å². The molecule has 4 heteroatoms. The summed E-state index contributed by atoms with van der Waals surface area (Å²) in [6.45, 7) is 8.49. The van der Waals surface area contributed by atoms with Crippen molar-refractivity contribution in [2.45, 2.75) is 39.7 Å². The molecule has 0 bridgehead atoms. The highest BCUT2D eigenvalue weighted by atomic mass is 19.1. The van der Waals surface area contributed by atoms with Gasteiger partial charge in [-0.2, -0.15) is 0 Å². The van der Waals surface area contributed by atoms with E-state index in [4.69, 9.17) is 4.74 Å². The van der Waals surface area contributed by atoms with E-state index in [9.17, 15) is 4.39 Å². The molecule has 0 amide bonds. The minimum atomic E-state index is -0.125. The van der Waals surface area contributed by atoms with E-state index in [0.717, 1.165) is 63.3 Å². The number of rotatable bonds is 11. The van der Waals surface area contributed by atoms with Crippen LogP contribution in [-0.4, -0.2) is 33.4 Å². The predicted molar refractivity (Wildman–Crippen MR) is 87.4 cm³/mol. The summed E-state index contributed by atoms with van der Waals surface area (Å²) in [5.41, 5.74) is 1.86. The maximum Gasteiger partial charge on any atom is 0.146 e. The molecule has 0 atom stereocenters. The van der Waals surface area contributed by atoms with E-state index in [1.165, 1.54) is 0 Å². The Labute approximate surface area is 128 Å². The first-order chi connectivity index (χ1) is 10.2. The van der Waals surface area contributed by atoms with Crippen LogP contribution in [0.3, 0.4) is 0 Å². The predicted octanol–water partition coefficient (Wildman–Crippen LogP) is 3.58. The van der Waals surface area contributed by atoms with Crippen LogP contribution in [0.4, 0.5) is 10.1 Å². The zero-order valence-electron chi connectivity index (χ0n) is 13.6. The Kier molecular flexibility index (Phi) is 9.02. The van der Waals surface area contributed by atoms with Gasteiger partial charge in [-0.15, -0.1) is 0 Å². The average molecular weight is 296 g/mol. The van der Waals surface area contributed by atoms with E-state index < -0.39 is 0 Å². The monoisotopic (exact) mass is 296 g/mol. The van der Waals surface area contributed by atoms with Gasteiger partial charge in [0.2, 0.25) is 0 Å². The number of ether oxygens (including phenoxy) is 1. The number of anilines is 1. The molecule has 0 aliphatic carbocycles. The number of nitrogens with zero attached hydrogens (tertiary/aromatic N) is 1. The van der Waals surface area contributed by atoms with Crippen LogP contribution >= 0.6 is 0 Å². The van der Waals surface area contributed by atoms with E-state index in [0.29, 0.717) is 0 Å². The third-order valence-electron chi connectivity index (χ3n) is 3.37. The summed E-state index contributed by atoms with van der Waals surface area (Å²) in [6.07, 6.45) is 3.04. The second-order valence-corrected chi connectivity index (χ2v) is 5.30. The second-order valence-electron chi connectivity index (χ2n) is 5.30. The van der Waals surface area contributed by atoms with Crippen molar-refractivity contribution in [1.82, 2.24) is 5.32 Å². The van der Waals surface area contributed by atoms with Gasteiger partial charge in [-0.3, -0.25) is 0 Å². The minimum absolute atomic E-state index is 0.125. The van der Waals surface area contributed by atoms with Crippen LogP contribution in [0.2, 0.25) is 0 Å². The molecule has 3 nitrogen and oxygen atoms in total. The van der Waals surface area contributed by atoms with Crippen molar-refractivity contribution >= 4 is 5.69 Å². The van der Waals surface area contributed by atoms with Crippen molar-refractivity contribution < 1.29 is 9.13 Å². The number of nitrogens with one attached hydrogen (secondary N) is 1. The molecule has 0 saturated carbocycles. The van der Waals surface area contributed by atoms with Crippen LogP contribution in [0.15, 0.2) is 18.2 Å². The van der Waals surface area contributed by atoms with Crippen molar-refractivity contribution in [3.63, 3.8) is 0 Å². The fourth-order valence-corrected chi connectivity index (χ4v) is 2.38. The van der Waals surface area contributed by atoms with E-state index in [1.54, 1.807) is 13.2 Å². The maximum atomic E-state index is 14.1. The molecule has 1 aromatic rings. The Bertz CT molecular complexity index is 392. The number of benzene rings is 1. The molecule has 0 aliphatic heterocycles. The second kappa shape index (κ2) is 10.6. The van der Waals surface area contributed by atoms with Gasteiger partial charge in [0, 0.05) is 33.4 Å². The number of hydrogen-bond acceptors (Lipinski definition) is 3. The van der Waals surface area contributed by atoms with E-state index in [1.807, 2.05) is 12.1 Å². The number of hydrogen-bond donors (Lipinski definition) is 1. The Morgan fingerprint density at radius 2 is 1.90 bits per heavy atom. The lowest BCUT2D eigenvalue weighted by atomic mass is 10.1. The topological polar surface area (TPSA) is 24.5 Å². The molecular weight excluding hydrogens is 267 g/mol. The Balaban J connectivity index is 2.64. The van der Waals surface area contributed by atoms with Crippen molar-refractivity contribution in [1.29, 1.82) is 0 Å². The first-order valence-corrected chi connectivity index (χ1v) is 7.95. The Morgan fingerprint density at radius 3 is 2.52 bits per heavy atom. The maximum absolute atomic E-state index is 14.1. The van der Waals surface area contributed by atoms with Gasteiger partial charge in [0.15, 0.2) is 0 Å². The molecule has 1 aromatic carbocycles. The lowest BCUT2D eigenvalue weighted by Crippen LogP contribution is -2.26. The summed E-state index contributed by atoms with van der Waals surface area (Å²) in [6, 6.07) is 5.42. The van der Waals surface area contributed by atoms with Crippen LogP contribution < -0.4 is 10.2 Å². The van der Waals surface area contributed by atoms with Crippen LogP contribution in [0.25, 0.3) is 0 Å². The SMILES string of the molecule is CCCN(CCC)c1cc(CNCCCOC)ccc1F. The van der Waals surface area contributed by atoms with Gasteiger partial charge < -0.3 is 15.0 Å². The van der Waals surface area contributed by atoms with Crippen molar-refractivity contribution in [3.05, 3.63) is 29.6 Å². The fraction of sp³-hybridized carbons (Fsp3) is 0.647. The summed E-state index contributed by atoms with van der Waals surface area (Å²) in [7, 11) is 1.71. The van der Waals surface area contributed by atoms with Gasteiger partial charge in [0.25, 0.3) is 0 Å². The highest BCUT2D eigenvalue weighted by Gasteiger charge is 2.11. The van der Waals surface area contributed by atoms with E-state index in [-0.39, 0.29) is 5.82 Å². The standard InChI is InChI=1S/C17H29FN2O/c1-4-10-20(11-5-2)17-13-15(7-8-16(17)18)14-19-9-6-12-21-3/h7-8,13,19H,4-6,9-12,14H2,1-3H3. The average Bonchev–Trinajstić information content (AvgIpc) is 2.48. The van der Waals surface area contributed by atoms with Crippen LogP contribution in [0, 0.1) is 5.82 Å². The summed E-state index contributed by atoms with van der Waals surface area (Å²) in [5.74, 6) is -0.125. The molecule has 0 radical (unpaired) electrons. The minimum Gasteiger partial charge on any atom is -0.385 e. The molecule has 0 saturated heterocycles. The highest BCUT2D eigenvalue weighted by Crippen LogP contribution is 2.21. The zero-order valence-corrected chi connectivity index (χ0v) is 13.6. The summed E-state index contributed by atoms with van der Waals surface area (Å²) in [4.78, 5) is 2.14. The van der Waals surface area contributed by atoms with E-state index in [2.05, 4.69) is 24.1 Å². The summed E-state index contributed by atoms with van der Waals surface area (Å²) >= 11 is 0. The third kappa shape index (κ3) is 6.44. The van der Waals surface area contributed by atoms with Crippen molar-refractivity contribution in [2.75, 3.05) is 38.3 Å². The van der Waals surface area contributed by atoms with Crippen molar-refractivity contribution in [3.8, 4) is 0 Å². The molecule has 0 heterocycles. The quantitative estimate of drug-likeness (QED) is 0.632. The molecular formula is C17H29FN2O. The van der Waals surface area contributed by atoms with Gasteiger partial charge in [-0.1, -0.05) is 19.9 Å². The first-order valence-electron chi connectivity index (χ1n) is 7.95. The molecule has 0 fully saturated rings. The van der Waals surface area contributed by atoms with Gasteiger partial charge in [-0.25, -0.2) is 4.39 Å². The van der Waals surface area contributed by atoms with E-state index >= 15 is 0 Å². The molecule has 0 unspecified atom stereocenters. The first kappa shape index (κ1) is 17.9. The van der Waals surface area contributed by atoms with Gasteiger partial charge >= 0.3 is 0 Å². The fourth-order valence-electron chi connectivity index (χ4n) is 2.38. The molecule has 0 aromatic heterocycles. The molecule has 1 N–H and O–H groups in total. The smallest absolute Gasteiger partial charge is 0.146 e. The molecule has 1 rings (SSSR count). The molecule has 21 heavy (non-hydrogen) atoms. The summed E-state index contributed by atoms with van der Waals surface area (Å²) < 4.78 is 19.1. The number of methoxy groups -OCH3 is 1. The van der Waals surface area contributed by atoms with Crippen LogP contribution in [0.1, 0.15) is 38.7 Å². The van der Waals surface area contributed by atoms with Gasteiger partial charge in [0.1, 0.15) is 5.82 Å². The third-order valence-corrected chi connectivity index (χ3v) is 3.37. The normalized spacial score (nSPS) is 10.9. The van der Waals surface area contributed by atoms with Crippen molar-refractivity contribution in [2.24, 2.45) is 0 Å². The van der Waals surface area contributed by atoms with Crippen LogP contribution in [-0.2, 0) is 11.3 Å². The molecule has 0 aliphatic rings. The zero-order chi connectivity index (χ0) is 15.5. The van der Waals surface area contributed by atoms with Gasteiger partial charge in [-0.05, 0) is 43.5 Å². The largest absolute Gasteiger partial charge is 0.385 e. The highest BCUT2D eigenvalue weighted by molar-refractivity contribution is 5.50. The number of halogens is 1. The summed E-state index contributed by atoms with van der Waals surface area (Å²) in [5, 5.41) is 3.37. The Hall–Kier alpha value is -1.13. The lowest BCUT2D eigenvalue weighted by molar-refractivity contribution is 0.194. The van der Waals surface area contributed by atoms with Crippen LogP contribution in [0.5, 0.6) is 0 Å². The molecule has 0 spiro atoms.